The molecule has 28 heavy (non-hydrogen) atoms. The van der Waals surface area contributed by atoms with Gasteiger partial charge in [0.2, 0.25) is 0 Å². The van der Waals surface area contributed by atoms with Crippen molar-refractivity contribution in [2.75, 3.05) is 0 Å². The third-order valence-electron chi connectivity index (χ3n) is 4.36. The Morgan fingerprint density at radius 3 is 2.50 bits per heavy atom. The standard InChI is InChI=1S/C17H19N3O8/c18-17(26)20-19-9-6-5-7-3-1-2-4-8(7)13(9)27-16-12(23)10(21)11(22)14(28-16)15(24)25/h1-6,10-14,16,21-23H,(H,24,25)(H3,18,20,26)/b19-9+/t10-,11-,12+,13?,14-,16+/m1/s1. The molecule has 6 atom stereocenters. The van der Waals surface area contributed by atoms with E-state index in [1.54, 1.807) is 30.3 Å². The quantitative estimate of drug-likeness (QED) is 0.340. The first kappa shape index (κ1) is 19.9. The molecule has 1 heterocycles. The number of rotatable bonds is 4. The highest BCUT2D eigenvalue weighted by molar-refractivity contribution is 6.05. The molecule has 1 aliphatic heterocycles. The minimum absolute atomic E-state index is 0.195. The number of hydrazone groups is 1. The Bertz CT molecular complexity index is 826. The first-order chi connectivity index (χ1) is 13.3. The van der Waals surface area contributed by atoms with Crippen LogP contribution in [0, 0.1) is 0 Å². The van der Waals surface area contributed by atoms with Crippen LogP contribution in [0.4, 0.5) is 4.79 Å². The molecule has 0 saturated carbocycles. The second-order valence-electron chi connectivity index (χ2n) is 6.23. The van der Waals surface area contributed by atoms with Crippen LogP contribution >= 0.6 is 0 Å². The van der Waals surface area contributed by atoms with Gasteiger partial charge in [0, 0.05) is 0 Å². The molecule has 0 spiro atoms. The highest BCUT2D eigenvalue weighted by atomic mass is 16.7. The topological polar surface area (TPSA) is 184 Å². The number of nitrogens with one attached hydrogen (secondary N) is 1. The van der Waals surface area contributed by atoms with Crippen molar-refractivity contribution in [2.24, 2.45) is 10.8 Å². The van der Waals surface area contributed by atoms with E-state index < -0.39 is 48.8 Å². The number of ether oxygens (including phenoxy) is 2. The summed E-state index contributed by atoms with van der Waals surface area (Å²) in [5.41, 5.74) is 8.65. The van der Waals surface area contributed by atoms with Crippen molar-refractivity contribution in [3.05, 3.63) is 41.5 Å². The Labute approximate surface area is 158 Å². The molecule has 11 nitrogen and oxygen atoms in total. The predicted molar refractivity (Wildman–Crippen MR) is 93.8 cm³/mol. The number of benzene rings is 1. The zero-order chi connectivity index (χ0) is 20.4. The summed E-state index contributed by atoms with van der Waals surface area (Å²) in [5, 5.41) is 43.0. The van der Waals surface area contributed by atoms with Gasteiger partial charge in [-0.15, -0.1) is 0 Å². The fourth-order valence-electron chi connectivity index (χ4n) is 2.98. The van der Waals surface area contributed by atoms with E-state index in [2.05, 4.69) is 10.5 Å². The first-order valence-electron chi connectivity index (χ1n) is 8.27. The molecular weight excluding hydrogens is 374 g/mol. The number of amides is 2. The average molecular weight is 393 g/mol. The molecule has 0 aromatic heterocycles. The number of hydrogen-bond donors (Lipinski definition) is 6. The summed E-state index contributed by atoms with van der Waals surface area (Å²) in [6.45, 7) is 0. The smallest absolute Gasteiger partial charge is 0.335 e. The number of aliphatic hydroxyl groups is 3. The summed E-state index contributed by atoms with van der Waals surface area (Å²) < 4.78 is 10.9. The lowest BCUT2D eigenvalue weighted by Crippen LogP contribution is -2.60. The van der Waals surface area contributed by atoms with Crippen LogP contribution in [0.2, 0.25) is 0 Å². The van der Waals surface area contributed by atoms with Gasteiger partial charge in [0.15, 0.2) is 12.4 Å². The van der Waals surface area contributed by atoms with Crippen LogP contribution < -0.4 is 11.2 Å². The van der Waals surface area contributed by atoms with Crippen molar-refractivity contribution in [1.29, 1.82) is 0 Å². The minimum atomic E-state index is -1.84. The van der Waals surface area contributed by atoms with Crippen molar-refractivity contribution in [2.45, 2.75) is 36.8 Å². The fourth-order valence-corrected chi connectivity index (χ4v) is 2.98. The van der Waals surface area contributed by atoms with Gasteiger partial charge in [-0.05, 0) is 17.2 Å². The molecule has 1 aromatic carbocycles. The van der Waals surface area contributed by atoms with E-state index in [1.807, 2.05) is 0 Å². The van der Waals surface area contributed by atoms with Gasteiger partial charge in [0.05, 0.1) is 5.71 Å². The van der Waals surface area contributed by atoms with Gasteiger partial charge < -0.3 is 35.6 Å². The van der Waals surface area contributed by atoms with Crippen LogP contribution in [0.15, 0.2) is 35.4 Å². The van der Waals surface area contributed by atoms with Crippen molar-refractivity contribution in [1.82, 2.24) is 5.43 Å². The number of hydrogen-bond acceptors (Lipinski definition) is 8. The molecule has 7 N–H and O–H groups in total. The molecule has 0 radical (unpaired) electrons. The minimum Gasteiger partial charge on any atom is -0.479 e. The summed E-state index contributed by atoms with van der Waals surface area (Å²) in [5.74, 6) is -1.53. The normalized spacial score (nSPS) is 33.3. The number of nitrogens with two attached hydrogens (primary N) is 1. The maximum atomic E-state index is 11.3. The number of carbonyl (C=O) groups is 2. The van der Waals surface area contributed by atoms with Gasteiger partial charge in [-0.1, -0.05) is 30.3 Å². The molecule has 1 unspecified atom stereocenters. The fraction of sp³-hybridized carbons (Fsp3) is 0.353. The van der Waals surface area contributed by atoms with Gasteiger partial charge in [-0.25, -0.2) is 15.0 Å². The second-order valence-corrected chi connectivity index (χ2v) is 6.23. The zero-order valence-corrected chi connectivity index (χ0v) is 14.4. The molecule has 150 valence electrons. The summed E-state index contributed by atoms with van der Waals surface area (Å²) >= 11 is 0. The van der Waals surface area contributed by atoms with Crippen LogP contribution in [0.1, 0.15) is 17.2 Å². The molecular formula is C17H19N3O8. The van der Waals surface area contributed by atoms with Crippen LogP contribution in [-0.4, -0.2) is 68.8 Å². The number of carboxylic acids is 1. The molecule has 1 aliphatic carbocycles. The number of fused-ring (bicyclic) bond motifs is 1. The van der Waals surface area contributed by atoms with Crippen molar-refractivity contribution >= 4 is 23.8 Å². The molecule has 0 bridgehead atoms. The third kappa shape index (κ3) is 3.88. The van der Waals surface area contributed by atoms with Crippen LogP contribution in [-0.2, 0) is 14.3 Å². The number of aliphatic carboxylic acids is 1. The predicted octanol–water partition coefficient (Wildman–Crippen LogP) is -1.31. The SMILES string of the molecule is NC(=O)N/N=C1\C=Cc2ccccc2C1O[C@H]1O[C@@H](C(=O)O)[C@H](O)[C@@H](O)[C@@H]1O. The van der Waals surface area contributed by atoms with Crippen LogP contribution in [0.25, 0.3) is 6.08 Å². The van der Waals surface area contributed by atoms with Crippen LogP contribution in [0.5, 0.6) is 0 Å². The maximum absolute atomic E-state index is 11.3. The monoisotopic (exact) mass is 393 g/mol. The van der Waals surface area contributed by atoms with Gasteiger partial charge in [-0.2, -0.15) is 5.10 Å². The molecule has 1 fully saturated rings. The lowest BCUT2D eigenvalue weighted by atomic mass is 9.93. The van der Waals surface area contributed by atoms with Gasteiger partial charge in [0.1, 0.15) is 24.4 Å². The largest absolute Gasteiger partial charge is 0.479 e. The Morgan fingerprint density at radius 2 is 1.82 bits per heavy atom. The van der Waals surface area contributed by atoms with E-state index in [9.17, 15) is 24.9 Å². The van der Waals surface area contributed by atoms with Gasteiger partial charge in [0.25, 0.3) is 0 Å². The first-order valence-corrected chi connectivity index (χ1v) is 8.27. The van der Waals surface area contributed by atoms with Gasteiger partial charge in [-0.3, -0.25) is 0 Å². The molecule has 2 amide bonds. The average Bonchev–Trinajstić information content (AvgIpc) is 2.67. The van der Waals surface area contributed by atoms with E-state index in [0.717, 1.165) is 5.56 Å². The number of nitrogens with zero attached hydrogens (tertiary/aromatic N) is 1. The second kappa shape index (κ2) is 8.04. The van der Waals surface area contributed by atoms with Crippen molar-refractivity contribution in [3.63, 3.8) is 0 Å². The molecule has 3 rings (SSSR count). The van der Waals surface area contributed by atoms with E-state index in [4.69, 9.17) is 20.3 Å². The number of carbonyl (C=O) groups excluding carboxylic acids is 1. The van der Waals surface area contributed by atoms with Gasteiger partial charge >= 0.3 is 12.0 Å². The highest BCUT2D eigenvalue weighted by Crippen LogP contribution is 2.33. The summed E-state index contributed by atoms with van der Waals surface area (Å²) in [6.07, 6.45) is -6.50. The number of carboxylic acid groups (broad SMARTS) is 1. The molecule has 2 aliphatic rings. The Hall–Kier alpha value is -2.83. The van der Waals surface area contributed by atoms with E-state index >= 15 is 0 Å². The van der Waals surface area contributed by atoms with E-state index in [0.29, 0.717) is 5.56 Å². The Morgan fingerprint density at radius 1 is 1.11 bits per heavy atom. The summed E-state index contributed by atoms with van der Waals surface area (Å²) in [6, 6.07) is 6.10. The van der Waals surface area contributed by atoms with Crippen LogP contribution in [0.3, 0.4) is 0 Å². The third-order valence-corrected chi connectivity index (χ3v) is 4.36. The Balaban J connectivity index is 1.92. The number of primary amides is 1. The summed E-state index contributed by atoms with van der Waals surface area (Å²) in [7, 11) is 0. The highest BCUT2D eigenvalue weighted by Gasteiger charge is 2.48. The molecule has 1 saturated heterocycles. The number of urea groups is 1. The maximum Gasteiger partial charge on any atom is 0.335 e. The van der Waals surface area contributed by atoms with Crippen molar-refractivity contribution < 1.29 is 39.5 Å². The number of aliphatic hydroxyl groups excluding tert-OH is 3. The lowest BCUT2D eigenvalue weighted by Gasteiger charge is -2.40. The lowest BCUT2D eigenvalue weighted by molar-refractivity contribution is -0.299. The summed E-state index contributed by atoms with van der Waals surface area (Å²) in [4.78, 5) is 22.2. The Kier molecular flexibility index (Phi) is 5.72. The van der Waals surface area contributed by atoms with Crippen molar-refractivity contribution in [3.8, 4) is 0 Å². The van der Waals surface area contributed by atoms with E-state index in [-0.39, 0.29) is 5.71 Å². The molecule has 11 heteroatoms. The van der Waals surface area contributed by atoms with E-state index in [1.165, 1.54) is 6.08 Å². The zero-order valence-electron chi connectivity index (χ0n) is 14.4. The molecule has 1 aromatic rings.